The van der Waals surface area contributed by atoms with E-state index in [-0.39, 0.29) is 16.4 Å². The van der Waals surface area contributed by atoms with Crippen LogP contribution in [0.25, 0.3) is 0 Å². The van der Waals surface area contributed by atoms with Crippen LogP contribution in [0.3, 0.4) is 0 Å². The highest BCUT2D eigenvalue weighted by molar-refractivity contribution is 7.89. The monoisotopic (exact) mass is 276 g/mol. The van der Waals surface area contributed by atoms with Crippen LogP contribution in [0.15, 0.2) is 29.2 Å². The molecule has 0 saturated carbocycles. The lowest BCUT2D eigenvalue weighted by Crippen LogP contribution is -2.30. The first-order valence-electron chi connectivity index (χ1n) is 4.84. The number of hydrogen-bond donors (Lipinski definition) is 1. The first-order chi connectivity index (χ1) is 7.84. The van der Waals surface area contributed by atoms with Crippen molar-refractivity contribution in [3.63, 3.8) is 0 Å². The quantitative estimate of drug-likeness (QED) is 0.819. The van der Waals surface area contributed by atoms with Crippen molar-refractivity contribution in [2.75, 3.05) is 13.6 Å². The van der Waals surface area contributed by atoms with E-state index in [1.165, 1.54) is 19.2 Å². The molecule has 0 bridgehead atoms. The molecule has 1 rings (SSSR count). The summed E-state index contributed by atoms with van der Waals surface area (Å²) in [5.74, 6) is -0.477. The minimum absolute atomic E-state index is 0.0457. The summed E-state index contributed by atoms with van der Waals surface area (Å²) in [5, 5.41) is 0. The van der Waals surface area contributed by atoms with E-state index in [4.69, 9.17) is 5.73 Å². The highest BCUT2D eigenvalue weighted by Crippen LogP contribution is 2.14. The number of halogens is 1. The summed E-state index contributed by atoms with van der Waals surface area (Å²) in [4.78, 5) is 0.301. The van der Waals surface area contributed by atoms with Crippen molar-refractivity contribution in [1.82, 2.24) is 4.31 Å². The second-order valence-corrected chi connectivity index (χ2v) is 6.07. The Balaban J connectivity index is 2.87. The number of benzene rings is 1. The molecule has 0 unspecified atom stereocenters. The van der Waals surface area contributed by atoms with Crippen LogP contribution in [0.5, 0.6) is 0 Å². The Kier molecular flexibility index (Phi) is 4.55. The molecule has 0 aliphatic rings. The summed E-state index contributed by atoms with van der Waals surface area (Å²) in [7, 11) is -2.17. The third kappa shape index (κ3) is 3.72. The van der Waals surface area contributed by atoms with Crippen LogP contribution >= 0.6 is 12.2 Å². The largest absolute Gasteiger partial charge is 0.393 e. The SMILES string of the molecule is CN(CCC(N)=S)S(=O)(=O)c1ccc(F)cc1. The van der Waals surface area contributed by atoms with Crippen LogP contribution in [0.2, 0.25) is 0 Å². The molecule has 2 N–H and O–H groups in total. The van der Waals surface area contributed by atoms with Gasteiger partial charge in [0.2, 0.25) is 10.0 Å². The fourth-order valence-electron chi connectivity index (χ4n) is 1.17. The van der Waals surface area contributed by atoms with Gasteiger partial charge in [0, 0.05) is 20.0 Å². The summed E-state index contributed by atoms with van der Waals surface area (Å²) in [6.07, 6.45) is 0.312. The minimum Gasteiger partial charge on any atom is -0.393 e. The van der Waals surface area contributed by atoms with E-state index in [9.17, 15) is 12.8 Å². The Labute approximate surface area is 105 Å². The predicted molar refractivity (Wildman–Crippen MR) is 67.6 cm³/mol. The summed E-state index contributed by atoms with van der Waals surface area (Å²) < 4.78 is 37.8. The second kappa shape index (κ2) is 5.52. The highest BCUT2D eigenvalue weighted by Gasteiger charge is 2.20. The zero-order valence-electron chi connectivity index (χ0n) is 9.26. The highest BCUT2D eigenvalue weighted by atomic mass is 32.2. The van der Waals surface area contributed by atoms with Crippen molar-refractivity contribution in [3.8, 4) is 0 Å². The number of nitrogens with two attached hydrogens (primary N) is 1. The van der Waals surface area contributed by atoms with E-state index in [2.05, 4.69) is 12.2 Å². The van der Waals surface area contributed by atoms with Gasteiger partial charge in [-0.25, -0.2) is 17.1 Å². The number of thiocarbonyl (C=S) groups is 1. The molecule has 4 nitrogen and oxygen atoms in total. The predicted octanol–water partition coefficient (Wildman–Crippen LogP) is 1.12. The molecule has 1 aromatic carbocycles. The summed E-state index contributed by atoms with van der Waals surface area (Å²) in [6, 6.07) is 4.66. The van der Waals surface area contributed by atoms with Crippen molar-refractivity contribution in [2.24, 2.45) is 5.73 Å². The maximum atomic E-state index is 12.7. The van der Waals surface area contributed by atoms with Gasteiger partial charge in [0.25, 0.3) is 0 Å². The molecule has 0 aliphatic carbocycles. The molecule has 1 aromatic rings. The van der Waals surface area contributed by atoms with Crippen molar-refractivity contribution in [3.05, 3.63) is 30.1 Å². The van der Waals surface area contributed by atoms with Gasteiger partial charge in [0.1, 0.15) is 5.82 Å². The molecule has 0 amide bonds. The van der Waals surface area contributed by atoms with Gasteiger partial charge in [-0.05, 0) is 24.3 Å². The van der Waals surface area contributed by atoms with E-state index in [0.29, 0.717) is 6.42 Å². The van der Waals surface area contributed by atoms with Crippen LogP contribution in [-0.4, -0.2) is 31.3 Å². The zero-order valence-corrected chi connectivity index (χ0v) is 10.9. The van der Waals surface area contributed by atoms with Crippen LogP contribution in [0.4, 0.5) is 4.39 Å². The third-order valence-electron chi connectivity index (χ3n) is 2.19. The van der Waals surface area contributed by atoms with Crippen LogP contribution in [0, 0.1) is 5.82 Å². The van der Waals surface area contributed by atoms with Gasteiger partial charge in [-0.2, -0.15) is 0 Å². The summed E-state index contributed by atoms with van der Waals surface area (Å²) in [5.41, 5.74) is 5.30. The van der Waals surface area contributed by atoms with E-state index in [0.717, 1.165) is 16.4 Å². The molecule has 0 saturated heterocycles. The maximum Gasteiger partial charge on any atom is 0.242 e. The van der Waals surface area contributed by atoms with Gasteiger partial charge < -0.3 is 5.73 Å². The van der Waals surface area contributed by atoms with E-state index < -0.39 is 15.8 Å². The van der Waals surface area contributed by atoms with Gasteiger partial charge in [-0.15, -0.1) is 0 Å². The molecular formula is C10H13FN2O2S2. The van der Waals surface area contributed by atoms with Crippen molar-refractivity contribution in [1.29, 1.82) is 0 Å². The molecule has 94 valence electrons. The molecule has 0 radical (unpaired) electrons. The smallest absolute Gasteiger partial charge is 0.242 e. The third-order valence-corrected chi connectivity index (χ3v) is 4.27. The molecule has 17 heavy (non-hydrogen) atoms. The standard InChI is InChI=1S/C10H13FN2O2S2/c1-13(7-6-10(12)16)17(14,15)9-4-2-8(11)3-5-9/h2-5H,6-7H2,1H3,(H2,12,16). The fourth-order valence-corrected chi connectivity index (χ4v) is 2.44. The van der Waals surface area contributed by atoms with Crippen LogP contribution in [-0.2, 0) is 10.0 Å². The molecule has 0 aromatic heterocycles. The molecule has 0 heterocycles. The average molecular weight is 276 g/mol. The number of nitrogens with zero attached hydrogens (tertiary/aromatic N) is 1. The lowest BCUT2D eigenvalue weighted by Gasteiger charge is -2.16. The van der Waals surface area contributed by atoms with Gasteiger partial charge in [0.05, 0.1) is 9.88 Å². The molecule has 0 atom stereocenters. The van der Waals surface area contributed by atoms with E-state index >= 15 is 0 Å². The Bertz CT molecular complexity index is 500. The lowest BCUT2D eigenvalue weighted by atomic mass is 10.4. The van der Waals surface area contributed by atoms with Crippen molar-refractivity contribution < 1.29 is 12.8 Å². The van der Waals surface area contributed by atoms with Crippen molar-refractivity contribution in [2.45, 2.75) is 11.3 Å². The van der Waals surface area contributed by atoms with E-state index in [1.54, 1.807) is 0 Å². The first-order valence-corrected chi connectivity index (χ1v) is 6.69. The van der Waals surface area contributed by atoms with Crippen LogP contribution < -0.4 is 5.73 Å². The lowest BCUT2D eigenvalue weighted by molar-refractivity contribution is 0.478. The topological polar surface area (TPSA) is 63.4 Å². The average Bonchev–Trinajstić information content (AvgIpc) is 2.26. The fraction of sp³-hybridized carbons (Fsp3) is 0.300. The zero-order chi connectivity index (χ0) is 13.1. The van der Waals surface area contributed by atoms with Gasteiger partial charge in [0.15, 0.2) is 0 Å². The molecule has 0 spiro atoms. The first kappa shape index (κ1) is 14.0. The van der Waals surface area contributed by atoms with Gasteiger partial charge in [-0.1, -0.05) is 12.2 Å². The van der Waals surface area contributed by atoms with E-state index in [1.807, 2.05) is 0 Å². The Morgan fingerprint density at radius 1 is 1.41 bits per heavy atom. The summed E-state index contributed by atoms with van der Waals surface area (Å²) in [6.45, 7) is 0.203. The Morgan fingerprint density at radius 2 is 1.94 bits per heavy atom. The second-order valence-electron chi connectivity index (χ2n) is 3.50. The van der Waals surface area contributed by atoms with Gasteiger partial charge >= 0.3 is 0 Å². The molecule has 0 aliphatic heterocycles. The van der Waals surface area contributed by atoms with Crippen LogP contribution in [0.1, 0.15) is 6.42 Å². The normalized spacial score (nSPS) is 11.7. The Hall–Kier alpha value is -1.05. The minimum atomic E-state index is -3.60. The molecule has 0 fully saturated rings. The maximum absolute atomic E-state index is 12.7. The number of sulfonamides is 1. The number of rotatable bonds is 5. The van der Waals surface area contributed by atoms with Crippen molar-refractivity contribution >= 4 is 27.2 Å². The molecule has 7 heteroatoms. The Morgan fingerprint density at radius 3 is 2.41 bits per heavy atom. The summed E-state index contributed by atoms with van der Waals surface area (Å²) >= 11 is 4.68. The number of hydrogen-bond acceptors (Lipinski definition) is 3. The van der Waals surface area contributed by atoms with Gasteiger partial charge in [-0.3, -0.25) is 0 Å². The molecular weight excluding hydrogens is 263 g/mol.